The monoisotopic (exact) mass is 410 g/mol. The maximum absolute atomic E-state index is 12.8. The Morgan fingerprint density at radius 1 is 1.21 bits per heavy atom. The maximum atomic E-state index is 12.8. The highest BCUT2D eigenvalue weighted by Gasteiger charge is 2.43. The molecular formula is C20H30N2O5S. The zero-order valence-electron chi connectivity index (χ0n) is 17.2. The Labute approximate surface area is 167 Å². The van der Waals surface area contributed by atoms with Crippen LogP contribution in [0.15, 0.2) is 23.1 Å². The Hall–Kier alpha value is -1.93. The van der Waals surface area contributed by atoms with E-state index in [1.165, 1.54) is 20.2 Å². The van der Waals surface area contributed by atoms with E-state index in [0.717, 1.165) is 28.3 Å². The van der Waals surface area contributed by atoms with Gasteiger partial charge in [0.1, 0.15) is 5.54 Å². The minimum absolute atomic E-state index is 0.139. The quantitative estimate of drug-likeness (QED) is 0.726. The molecule has 0 saturated heterocycles. The van der Waals surface area contributed by atoms with Crippen molar-refractivity contribution in [3.63, 3.8) is 0 Å². The molecular weight excluding hydrogens is 380 g/mol. The van der Waals surface area contributed by atoms with Gasteiger partial charge in [-0.15, -0.1) is 0 Å². The second-order valence-electron chi connectivity index (χ2n) is 7.81. The van der Waals surface area contributed by atoms with E-state index in [4.69, 9.17) is 4.74 Å². The van der Waals surface area contributed by atoms with Crippen LogP contribution in [0.3, 0.4) is 0 Å². The molecule has 1 amide bonds. The number of carbonyl (C=O) groups is 2. The molecule has 7 nitrogen and oxygen atoms in total. The van der Waals surface area contributed by atoms with Crippen LogP contribution in [0.1, 0.15) is 43.7 Å². The molecule has 0 heterocycles. The van der Waals surface area contributed by atoms with Gasteiger partial charge in [-0.1, -0.05) is 13.0 Å². The van der Waals surface area contributed by atoms with Crippen LogP contribution >= 0.6 is 0 Å². The topological polar surface area (TPSA) is 92.8 Å². The number of esters is 1. The number of benzene rings is 1. The summed E-state index contributed by atoms with van der Waals surface area (Å²) in [6.45, 7) is 5.47. The van der Waals surface area contributed by atoms with Crippen molar-refractivity contribution in [2.45, 2.75) is 56.9 Å². The molecule has 1 N–H and O–H groups in total. The van der Waals surface area contributed by atoms with Gasteiger partial charge in [0.2, 0.25) is 15.9 Å². The van der Waals surface area contributed by atoms with Crippen molar-refractivity contribution in [2.75, 3.05) is 20.7 Å². The Bertz CT molecular complexity index is 842. The minimum Gasteiger partial charge on any atom is -0.467 e. The van der Waals surface area contributed by atoms with Crippen LogP contribution in [0.5, 0.6) is 0 Å². The Balaban J connectivity index is 2.13. The number of likely N-dealkylation sites (N-methyl/N-ethyl adjacent to an activating group) is 1. The van der Waals surface area contributed by atoms with Crippen molar-refractivity contribution in [3.05, 3.63) is 29.3 Å². The van der Waals surface area contributed by atoms with Gasteiger partial charge < -0.3 is 10.1 Å². The van der Waals surface area contributed by atoms with Gasteiger partial charge >= 0.3 is 5.97 Å². The fraction of sp³-hybridized carbons (Fsp3) is 0.600. The van der Waals surface area contributed by atoms with E-state index in [-0.39, 0.29) is 11.4 Å². The Morgan fingerprint density at radius 3 is 2.36 bits per heavy atom. The SMILES string of the molecule is COC(=O)C1(NC(=O)CN(C)S(=O)(=O)c2ccc(C)c(C)c2)CCC(C)CC1. The van der Waals surface area contributed by atoms with Crippen LogP contribution in [0.4, 0.5) is 0 Å². The van der Waals surface area contributed by atoms with Crippen LogP contribution in [-0.2, 0) is 24.3 Å². The third-order valence-corrected chi connectivity index (χ3v) is 7.43. The molecule has 1 aromatic carbocycles. The molecule has 8 heteroatoms. The molecule has 156 valence electrons. The average Bonchev–Trinajstić information content (AvgIpc) is 2.65. The number of sulfonamides is 1. The molecule has 0 spiro atoms. The molecule has 0 aromatic heterocycles. The van der Waals surface area contributed by atoms with E-state index in [0.29, 0.717) is 18.8 Å². The van der Waals surface area contributed by atoms with E-state index in [1.54, 1.807) is 12.1 Å². The molecule has 0 radical (unpaired) electrons. The third kappa shape index (κ3) is 4.72. The number of carbonyl (C=O) groups excluding carboxylic acids is 2. The van der Waals surface area contributed by atoms with E-state index in [2.05, 4.69) is 12.2 Å². The van der Waals surface area contributed by atoms with Crippen LogP contribution in [0, 0.1) is 19.8 Å². The largest absolute Gasteiger partial charge is 0.467 e. The molecule has 1 aromatic rings. The van der Waals surface area contributed by atoms with Gasteiger partial charge in [-0.3, -0.25) is 4.79 Å². The molecule has 1 aliphatic carbocycles. The van der Waals surface area contributed by atoms with E-state index < -0.39 is 27.4 Å². The number of aryl methyl sites for hydroxylation is 2. The highest BCUT2D eigenvalue weighted by atomic mass is 32.2. The summed E-state index contributed by atoms with van der Waals surface area (Å²) in [6.07, 6.45) is 2.57. The second kappa shape index (κ2) is 8.61. The summed E-state index contributed by atoms with van der Waals surface area (Å²) in [4.78, 5) is 25.1. The first kappa shape index (κ1) is 22.4. The molecule has 0 atom stereocenters. The van der Waals surface area contributed by atoms with Gasteiger partial charge in [0.05, 0.1) is 18.6 Å². The lowest BCUT2D eigenvalue weighted by Gasteiger charge is -2.37. The zero-order valence-corrected chi connectivity index (χ0v) is 18.1. The predicted octanol–water partition coefficient (Wildman–Crippen LogP) is 2.16. The van der Waals surface area contributed by atoms with Gasteiger partial charge in [-0.25, -0.2) is 13.2 Å². The number of ether oxygens (including phenoxy) is 1. The van der Waals surface area contributed by atoms with Crippen molar-refractivity contribution >= 4 is 21.9 Å². The predicted molar refractivity (Wildman–Crippen MR) is 106 cm³/mol. The van der Waals surface area contributed by atoms with E-state index >= 15 is 0 Å². The minimum atomic E-state index is -3.81. The molecule has 1 fully saturated rings. The third-order valence-electron chi connectivity index (χ3n) is 5.64. The maximum Gasteiger partial charge on any atom is 0.331 e. The summed E-state index contributed by atoms with van der Waals surface area (Å²) in [5, 5.41) is 2.76. The summed E-state index contributed by atoms with van der Waals surface area (Å²) in [6, 6.07) is 4.87. The molecule has 0 bridgehead atoms. The van der Waals surface area contributed by atoms with E-state index in [1.807, 2.05) is 13.8 Å². The lowest BCUT2D eigenvalue weighted by Crippen LogP contribution is -2.58. The van der Waals surface area contributed by atoms with Crippen molar-refractivity contribution in [3.8, 4) is 0 Å². The number of nitrogens with zero attached hydrogens (tertiary/aromatic N) is 1. The first-order valence-corrected chi connectivity index (χ1v) is 10.9. The fourth-order valence-electron chi connectivity index (χ4n) is 3.48. The summed E-state index contributed by atoms with van der Waals surface area (Å²) < 4.78 is 31.5. The fourth-order valence-corrected chi connectivity index (χ4v) is 4.69. The van der Waals surface area contributed by atoms with Gasteiger partial charge in [0, 0.05) is 7.05 Å². The molecule has 28 heavy (non-hydrogen) atoms. The van der Waals surface area contributed by atoms with Gasteiger partial charge in [0.15, 0.2) is 0 Å². The van der Waals surface area contributed by atoms with E-state index in [9.17, 15) is 18.0 Å². The average molecular weight is 411 g/mol. The molecule has 0 unspecified atom stereocenters. The van der Waals surface area contributed by atoms with Crippen LogP contribution < -0.4 is 5.32 Å². The summed E-state index contributed by atoms with van der Waals surface area (Å²) in [5.74, 6) is -0.523. The van der Waals surface area contributed by atoms with Gasteiger partial charge in [-0.2, -0.15) is 4.31 Å². The number of hydrogen-bond acceptors (Lipinski definition) is 5. The smallest absolute Gasteiger partial charge is 0.331 e. The lowest BCUT2D eigenvalue weighted by molar-refractivity contribution is -0.153. The summed E-state index contributed by atoms with van der Waals surface area (Å²) in [7, 11) is -1.16. The second-order valence-corrected chi connectivity index (χ2v) is 9.86. The number of methoxy groups -OCH3 is 1. The lowest BCUT2D eigenvalue weighted by atomic mass is 9.77. The van der Waals surface area contributed by atoms with Crippen molar-refractivity contribution < 1.29 is 22.7 Å². The highest BCUT2D eigenvalue weighted by molar-refractivity contribution is 7.89. The van der Waals surface area contributed by atoms with Crippen LogP contribution in [-0.4, -0.2) is 50.8 Å². The molecule has 2 rings (SSSR count). The van der Waals surface area contributed by atoms with Crippen molar-refractivity contribution in [2.24, 2.45) is 5.92 Å². The summed E-state index contributed by atoms with van der Waals surface area (Å²) >= 11 is 0. The van der Waals surface area contributed by atoms with Gasteiger partial charge in [-0.05, 0) is 68.7 Å². The number of amides is 1. The Kier molecular flexibility index (Phi) is 6.88. The number of hydrogen-bond donors (Lipinski definition) is 1. The number of nitrogens with one attached hydrogen (secondary N) is 1. The van der Waals surface area contributed by atoms with Crippen LogP contribution in [0.25, 0.3) is 0 Å². The highest BCUT2D eigenvalue weighted by Crippen LogP contribution is 2.33. The van der Waals surface area contributed by atoms with Crippen LogP contribution in [0.2, 0.25) is 0 Å². The molecule has 1 aliphatic rings. The van der Waals surface area contributed by atoms with Gasteiger partial charge in [0.25, 0.3) is 0 Å². The first-order valence-electron chi connectivity index (χ1n) is 9.45. The molecule has 1 saturated carbocycles. The molecule has 0 aliphatic heterocycles. The first-order chi connectivity index (χ1) is 13.0. The number of rotatable bonds is 6. The Morgan fingerprint density at radius 2 is 1.82 bits per heavy atom. The standard InChI is InChI=1S/C20H30N2O5S/c1-14-8-10-20(11-9-14,19(24)27-5)21-18(23)13-22(4)28(25,26)17-7-6-15(2)16(3)12-17/h6-7,12,14H,8-11,13H2,1-5H3,(H,21,23). The van der Waals surface area contributed by atoms with Crippen molar-refractivity contribution in [1.29, 1.82) is 0 Å². The normalized spacial score (nSPS) is 22.7. The van der Waals surface area contributed by atoms with Crippen molar-refractivity contribution in [1.82, 2.24) is 9.62 Å². The summed E-state index contributed by atoms with van der Waals surface area (Å²) in [5.41, 5.74) is 0.773. The zero-order chi connectivity index (χ0) is 21.1.